The number of carboxylic acids is 1. The lowest BCUT2D eigenvalue weighted by atomic mass is 10.0. The first-order chi connectivity index (χ1) is 19.3. The fraction of sp³-hybridized carbons (Fsp3) is 0.276. The van der Waals surface area contributed by atoms with Crippen molar-refractivity contribution in [2.45, 2.75) is 26.4 Å². The number of piperazine rings is 1. The lowest BCUT2D eigenvalue weighted by Crippen LogP contribution is -2.47. The number of nitrogens with two attached hydrogens (primary N) is 1. The Morgan fingerprint density at radius 2 is 1.80 bits per heavy atom. The molecule has 4 N–H and O–H groups in total. The Morgan fingerprint density at radius 1 is 1.10 bits per heavy atom. The Kier molecular flexibility index (Phi) is 7.69. The number of aryl methyl sites for hydroxylation is 1. The van der Waals surface area contributed by atoms with E-state index in [4.69, 9.17) is 27.3 Å². The van der Waals surface area contributed by atoms with Crippen LogP contribution in [0, 0.1) is 18.3 Å². The summed E-state index contributed by atoms with van der Waals surface area (Å²) in [6.07, 6.45) is 0. The van der Waals surface area contributed by atoms with Gasteiger partial charge in [-0.15, -0.1) is 0 Å². The van der Waals surface area contributed by atoms with Crippen LogP contribution in [0.5, 0.6) is 0 Å². The number of aromatic carboxylic acids is 1. The number of rotatable bonds is 7. The second-order valence-electron chi connectivity index (χ2n) is 9.78. The number of nitrogens with zero attached hydrogens (tertiary/aromatic N) is 6. The van der Waals surface area contributed by atoms with Crippen LogP contribution in [-0.4, -0.2) is 52.2 Å². The average Bonchev–Trinajstić information content (AvgIpc) is 2.97. The van der Waals surface area contributed by atoms with Gasteiger partial charge in [0.25, 0.3) is 0 Å². The smallest absolute Gasteiger partial charge is 0.356 e. The maximum Gasteiger partial charge on any atom is 0.356 e. The van der Waals surface area contributed by atoms with Crippen LogP contribution < -0.4 is 20.9 Å². The van der Waals surface area contributed by atoms with Crippen LogP contribution in [0.3, 0.4) is 0 Å². The number of hydrogen-bond donors (Lipinski definition) is 3. The van der Waals surface area contributed by atoms with Crippen molar-refractivity contribution in [1.29, 1.82) is 5.26 Å². The van der Waals surface area contributed by atoms with Crippen LogP contribution in [-0.2, 0) is 6.54 Å². The maximum absolute atomic E-state index is 11.8. The summed E-state index contributed by atoms with van der Waals surface area (Å²) in [5.74, 6) is -0.633. The standard InChI is InChI=1S/C29H29ClN8O2/c1-17-13-21(18(2)33-22-7-8-25(30)35-27(22)29(39)40)26-23(14-17)34-24(16-32)28(36-26)38-11-9-37(10-12-38)20-5-3-19(15-31)4-6-20/h3-8,13-14,18,33H,9-12,15,31H2,1-2H3,(H,39,40)/t18-/m1/s1. The van der Waals surface area contributed by atoms with Crippen molar-refractivity contribution in [3.05, 3.63) is 81.8 Å². The molecule has 0 radical (unpaired) electrons. The predicted octanol–water partition coefficient (Wildman–Crippen LogP) is 4.51. The molecule has 0 bridgehead atoms. The summed E-state index contributed by atoms with van der Waals surface area (Å²) < 4.78 is 0. The summed E-state index contributed by atoms with van der Waals surface area (Å²) in [5.41, 5.74) is 11.5. The molecule has 4 aromatic rings. The zero-order valence-corrected chi connectivity index (χ0v) is 23.0. The molecule has 1 fully saturated rings. The number of benzene rings is 2. The van der Waals surface area contributed by atoms with E-state index in [2.05, 4.69) is 38.3 Å². The highest BCUT2D eigenvalue weighted by Crippen LogP contribution is 2.31. The molecule has 5 rings (SSSR count). The molecule has 0 saturated carbocycles. The SMILES string of the molecule is Cc1cc([C@@H](C)Nc2ccc(Cl)nc2C(=O)O)c2nc(N3CCN(c4ccc(CN)cc4)CC3)c(C#N)nc2c1. The summed E-state index contributed by atoms with van der Waals surface area (Å²) in [6, 6.07) is 17.2. The van der Waals surface area contributed by atoms with Gasteiger partial charge in [-0.25, -0.2) is 19.7 Å². The van der Waals surface area contributed by atoms with Crippen molar-refractivity contribution >= 4 is 45.8 Å². The molecule has 0 aliphatic carbocycles. The lowest BCUT2D eigenvalue weighted by molar-refractivity contribution is 0.0691. The van der Waals surface area contributed by atoms with Crippen LogP contribution in [0.1, 0.15) is 45.8 Å². The van der Waals surface area contributed by atoms with Crippen LogP contribution >= 0.6 is 11.6 Å². The third-order valence-corrected chi connectivity index (χ3v) is 7.26. The molecule has 2 aromatic carbocycles. The van der Waals surface area contributed by atoms with Gasteiger partial charge in [0.1, 0.15) is 11.2 Å². The summed E-state index contributed by atoms with van der Waals surface area (Å²) >= 11 is 5.93. The van der Waals surface area contributed by atoms with Gasteiger partial charge in [-0.05, 0) is 55.3 Å². The first kappa shape index (κ1) is 27.1. The molecule has 10 nitrogen and oxygen atoms in total. The van der Waals surface area contributed by atoms with Crippen LogP contribution in [0.25, 0.3) is 11.0 Å². The number of carbonyl (C=O) groups is 1. The van der Waals surface area contributed by atoms with Crippen molar-refractivity contribution in [3.8, 4) is 6.07 Å². The molecule has 1 aliphatic rings. The largest absolute Gasteiger partial charge is 0.476 e. The van der Waals surface area contributed by atoms with Crippen LogP contribution in [0.2, 0.25) is 5.15 Å². The van der Waals surface area contributed by atoms with E-state index in [1.807, 2.05) is 38.1 Å². The summed E-state index contributed by atoms with van der Waals surface area (Å²) in [4.78, 5) is 29.8. The number of anilines is 3. The highest BCUT2D eigenvalue weighted by Gasteiger charge is 2.24. The number of halogens is 1. The molecule has 1 atom stereocenters. The molecule has 3 heterocycles. The Balaban J connectivity index is 1.45. The molecule has 11 heteroatoms. The van der Waals surface area contributed by atoms with Gasteiger partial charge in [0, 0.05) is 44.0 Å². The summed E-state index contributed by atoms with van der Waals surface area (Å²) in [7, 11) is 0. The van der Waals surface area contributed by atoms with Gasteiger partial charge in [-0.3, -0.25) is 0 Å². The van der Waals surface area contributed by atoms with Crippen molar-refractivity contribution in [2.75, 3.05) is 41.3 Å². The molecule has 2 aromatic heterocycles. The van der Waals surface area contributed by atoms with E-state index < -0.39 is 5.97 Å². The molecule has 0 amide bonds. The normalized spacial score (nSPS) is 14.2. The number of pyridine rings is 1. The molecular formula is C29H29ClN8O2. The third-order valence-electron chi connectivity index (χ3n) is 7.05. The van der Waals surface area contributed by atoms with Gasteiger partial charge >= 0.3 is 5.97 Å². The number of aromatic nitrogens is 3. The van der Waals surface area contributed by atoms with E-state index in [9.17, 15) is 15.2 Å². The minimum atomic E-state index is -1.18. The minimum Gasteiger partial charge on any atom is -0.476 e. The van der Waals surface area contributed by atoms with Gasteiger partial charge in [-0.2, -0.15) is 5.26 Å². The molecule has 204 valence electrons. The third kappa shape index (κ3) is 5.47. The van der Waals surface area contributed by atoms with Crippen LogP contribution in [0.15, 0.2) is 48.5 Å². The molecule has 1 aliphatic heterocycles. The fourth-order valence-electron chi connectivity index (χ4n) is 4.99. The first-order valence-electron chi connectivity index (χ1n) is 12.9. The zero-order chi connectivity index (χ0) is 28.4. The summed E-state index contributed by atoms with van der Waals surface area (Å²) in [5, 5.41) is 22.9. The molecular weight excluding hydrogens is 528 g/mol. The number of nitriles is 1. The number of fused-ring (bicyclic) bond motifs is 1. The quantitative estimate of drug-likeness (QED) is 0.278. The minimum absolute atomic E-state index is 0.101. The topological polar surface area (TPSA) is 144 Å². The van der Waals surface area contributed by atoms with Gasteiger partial charge in [0.15, 0.2) is 17.2 Å². The van der Waals surface area contributed by atoms with Gasteiger partial charge in [0.2, 0.25) is 0 Å². The Hall–Kier alpha value is -4.46. The van der Waals surface area contributed by atoms with E-state index in [-0.39, 0.29) is 22.6 Å². The van der Waals surface area contributed by atoms with Gasteiger partial charge in [0.05, 0.1) is 22.8 Å². The Bertz CT molecular complexity index is 1610. The average molecular weight is 557 g/mol. The van der Waals surface area contributed by atoms with E-state index in [1.165, 1.54) is 0 Å². The Morgan fingerprint density at radius 3 is 2.45 bits per heavy atom. The second kappa shape index (κ2) is 11.3. The predicted molar refractivity (Wildman–Crippen MR) is 156 cm³/mol. The van der Waals surface area contributed by atoms with E-state index >= 15 is 0 Å². The molecule has 40 heavy (non-hydrogen) atoms. The zero-order valence-electron chi connectivity index (χ0n) is 22.2. The van der Waals surface area contributed by atoms with Crippen molar-refractivity contribution < 1.29 is 9.90 Å². The molecule has 0 unspecified atom stereocenters. The number of hydrogen-bond acceptors (Lipinski definition) is 9. The first-order valence-corrected chi connectivity index (χ1v) is 13.3. The van der Waals surface area contributed by atoms with Gasteiger partial charge in [-0.1, -0.05) is 29.8 Å². The fourth-order valence-corrected chi connectivity index (χ4v) is 5.14. The highest BCUT2D eigenvalue weighted by atomic mass is 35.5. The van der Waals surface area contributed by atoms with Crippen molar-refractivity contribution in [2.24, 2.45) is 5.73 Å². The molecule has 1 saturated heterocycles. The maximum atomic E-state index is 11.8. The summed E-state index contributed by atoms with van der Waals surface area (Å²) in [6.45, 7) is 7.28. The molecule has 0 spiro atoms. The lowest BCUT2D eigenvalue weighted by Gasteiger charge is -2.37. The van der Waals surface area contributed by atoms with Crippen molar-refractivity contribution in [3.63, 3.8) is 0 Å². The monoisotopic (exact) mass is 556 g/mol. The van der Waals surface area contributed by atoms with E-state index in [0.29, 0.717) is 42.2 Å². The van der Waals surface area contributed by atoms with E-state index in [1.54, 1.807) is 12.1 Å². The van der Waals surface area contributed by atoms with Crippen molar-refractivity contribution in [1.82, 2.24) is 15.0 Å². The number of nitrogens with one attached hydrogen (secondary N) is 1. The van der Waals surface area contributed by atoms with Gasteiger partial charge < -0.3 is 26.0 Å². The number of carboxylic acid groups (broad SMARTS) is 1. The second-order valence-corrected chi connectivity index (χ2v) is 10.2. The van der Waals surface area contributed by atoms with E-state index in [0.717, 1.165) is 35.5 Å². The van der Waals surface area contributed by atoms with Crippen LogP contribution in [0.4, 0.5) is 17.2 Å². The highest BCUT2D eigenvalue weighted by molar-refractivity contribution is 6.29. The Labute approximate surface area is 237 Å².